The van der Waals surface area contributed by atoms with Crippen LogP contribution in [0.1, 0.15) is 15.9 Å². The lowest BCUT2D eigenvalue weighted by atomic mass is 10.1. The smallest absolute Gasteiger partial charge is 0.387 e. The molecule has 6 nitrogen and oxygen atoms in total. The fourth-order valence-electron chi connectivity index (χ4n) is 2.40. The summed E-state index contributed by atoms with van der Waals surface area (Å²) in [4.78, 5) is 24.0. The van der Waals surface area contributed by atoms with Crippen LogP contribution in [0.3, 0.4) is 0 Å². The van der Waals surface area contributed by atoms with Gasteiger partial charge in [-0.3, -0.25) is 9.59 Å². The van der Waals surface area contributed by atoms with Gasteiger partial charge in [0.15, 0.2) is 11.5 Å². The summed E-state index contributed by atoms with van der Waals surface area (Å²) in [5.74, 6) is -0.827. The summed E-state index contributed by atoms with van der Waals surface area (Å²) in [6.07, 6.45) is 0.367. The lowest BCUT2D eigenvalue weighted by molar-refractivity contribution is -0.120. The molecule has 0 aromatic heterocycles. The fraction of sp³-hybridized carbons (Fsp3) is 0.263. The molecule has 156 valence electrons. The Hall–Kier alpha value is -2.58. The molecule has 0 aliphatic rings. The number of ether oxygens (including phenoxy) is 2. The lowest BCUT2D eigenvalue weighted by Gasteiger charge is -2.12. The van der Waals surface area contributed by atoms with Crippen LogP contribution in [0.5, 0.6) is 11.5 Å². The van der Waals surface area contributed by atoms with E-state index >= 15 is 0 Å². The van der Waals surface area contributed by atoms with Gasteiger partial charge in [0.05, 0.1) is 24.2 Å². The van der Waals surface area contributed by atoms with Crippen molar-refractivity contribution >= 4 is 35.0 Å². The molecular weight excluding hydrogens is 429 g/mol. The second-order valence-electron chi connectivity index (χ2n) is 5.77. The molecule has 2 N–H and O–H groups in total. The highest BCUT2D eigenvalue weighted by atomic mass is 35.5. The zero-order valence-electron chi connectivity index (χ0n) is 15.3. The van der Waals surface area contributed by atoms with Crippen molar-refractivity contribution in [2.24, 2.45) is 0 Å². The Morgan fingerprint density at radius 2 is 1.83 bits per heavy atom. The number of carbonyl (C=O) groups excluding carboxylic acids is 2. The molecule has 2 aromatic carbocycles. The number of nitrogens with one attached hydrogen (secondary N) is 2. The van der Waals surface area contributed by atoms with Crippen molar-refractivity contribution < 1.29 is 27.8 Å². The van der Waals surface area contributed by atoms with E-state index in [-0.39, 0.29) is 35.2 Å². The topological polar surface area (TPSA) is 76.7 Å². The predicted octanol–water partition coefficient (Wildman–Crippen LogP) is 3.69. The number of benzene rings is 2. The first-order valence-corrected chi connectivity index (χ1v) is 9.17. The third-order valence-electron chi connectivity index (χ3n) is 3.77. The average Bonchev–Trinajstić information content (AvgIpc) is 2.66. The molecular formula is C19H18Cl2F2N2O4. The standard InChI is InChI=1S/C19H18Cl2F2N2O4/c1-28-15-5-2-11(8-16(15)29-19(22)23)6-7-24-17(26)10-25-18(27)13-4-3-12(20)9-14(13)21/h2-5,8-9,19H,6-7,10H2,1H3,(H,24,26)(H,25,27). The zero-order chi connectivity index (χ0) is 21.4. The molecule has 29 heavy (non-hydrogen) atoms. The van der Waals surface area contributed by atoms with Crippen LogP contribution in [0.25, 0.3) is 0 Å². The number of rotatable bonds is 9. The van der Waals surface area contributed by atoms with Gasteiger partial charge in [0, 0.05) is 11.6 Å². The van der Waals surface area contributed by atoms with Crippen LogP contribution in [-0.4, -0.2) is 38.6 Å². The molecule has 0 saturated heterocycles. The molecule has 0 unspecified atom stereocenters. The van der Waals surface area contributed by atoms with Gasteiger partial charge in [0.2, 0.25) is 5.91 Å². The van der Waals surface area contributed by atoms with E-state index in [9.17, 15) is 18.4 Å². The van der Waals surface area contributed by atoms with Gasteiger partial charge in [-0.25, -0.2) is 0 Å². The first kappa shape index (κ1) is 22.7. The van der Waals surface area contributed by atoms with Gasteiger partial charge in [-0.15, -0.1) is 0 Å². The molecule has 0 aliphatic carbocycles. The Morgan fingerprint density at radius 3 is 2.48 bits per heavy atom. The van der Waals surface area contributed by atoms with Crippen molar-refractivity contribution in [1.82, 2.24) is 10.6 Å². The third kappa shape index (κ3) is 7.07. The molecule has 0 saturated carbocycles. The normalized spacial score (nSPS) is 10.6. The molecule has 0 heterocycles. The highest BCUT2D eigenvalue weighted by Crippen LogP contribution is 2.29. The summed E-state index contributed by atoms with van der Waals surface area (Å²) in [6.45, 7) is -2.99. The van der Waals surface area contributed by atoms with Crippen LogP contribution in [0, 0.1) is 0 Å². The summed E-state index contributed by atoms with van der Waals surface area (Å²) in [7, 11) is 1.35. The van der Waals surface area contributed by atoms with Crippen molar-refractivity contribution in [2.45, 2.75) is 13.0 Å². The van der Waals surface area contributed by atoms with Crippen molar-refractivity contribution in [2.75, 3.05) is 20.2 Å². The highest BCUT2D eigenvalue weighted by Gasteiger charge is 2.13. The summed E-state index contributed by atoms with van der Waals surface area (Å²) < 4.78 is 34.3. The first-order chi connectivity index (χ1) is 13.8. The van der Waals surface area contributed by atoms with Gasteiger partial charge < -0.3 is 20.1 Å². The van der Waals surface area contributed by atoms with Crippen LogP contribution < -0.4 is 20.1 Å². The molecule has 2 amide bonds. The molecule has 10 heteroatoms. The van der Waals surface area contributed by atoms with Crippen LogP contribution in [0.4, 0.5) is 8.78 Å². The van der Waals surface area contributed by atoms with E-state index in [1.165, 1.54) is 37.4 Å². The van der Waals surface area contributed by atoms with Crippen LogP contribution in [-0.2, 0) is 11.2 Å². The van der Waals surface area contributed by atoms with Gasteiger partial charge in [-0.05, 0) is 42.3 Å². The minimum Gasteiger partial charge on any atom is -0.493 e. The summed E-state index contributed by atoms with van der Waals surface area (Å²) >= 11 is 11.7. The van der Waals surface area contributed by atoms with E-state index in [1.807, 2.05) is 0 Å². The van der Waals surface area contributed by atoms with Crippen molar-refractivity contribution in [3.63, 3.8) is 0 Å². The van der Waals surface area contributed by atoms with E-state index in [0.717, 1.165) is 0 Å². The van der Waals surface area contributed by atoms with Gasteiger partial charge in [-0.2, -0.15) is 8.78 Å². The third-order valence-corrected chi connectivity index (χ3v) is 4.31. The van der Waals surface area contributed by atoms with Crippen molar-refractivity contribution in [3.05, 3.63) is 57.6 Å². The molecule has 0 bridgehead atoms. The molecule has 2 aromatic rings. The Labute approximate surface area is 176 Å². The highest BCUT2D eigenvalue weighted by molar-refractivity contribution is 6.36. The summed E-state index contributed by atoms with van der Waals surface area (Å²) in [6, 6.07) is 9.00. The van der Waals surface area contributed by atoms with Crippen LogP contribution in [0.2, 0.25) is 10.0 Å². The van der Waals surface area contributed by atoms with E-state index in [4.69, 9.17) is 27.9 Å². The Morgan fingerprint density at radius 1 is 1.07 bits per heavy atom. The van der Waals surface area contributed by atoms with Gasteiger partial charge >= 0.3 is 6.61 Å². The molecule has 0 atom stereocenters. The van der Waals surface area contributed by atoms with E-state index in [0.29, 0.717) is 17.0 Å². The Balaban J connectivity index is 1.81. The van der Waals surface area contributed by atoms with Crippen molar-refractivity contribution in [3.8, 4) is 11.5 Å². The zero-order valence-corrected chi connectivity index (χ0v) is 16.8. The minimum atomic E-state index is -2.98. The second kappa shape index (κ2) is 10.8. The molecule has 2 rings (SSSR count). The van der Waals surface area contributed by atoms with E-state index in [2.05, 4.69) is 15.4 Å². The molecule has 0 spiro atoms. The summed E-state index contributed by atoms with van der Waals surface area (Å²) in [5.41, 5.74) is 0.868. The van der Waals surface area contributed by atoms with E-state index < -0.39 is 18.4 Å². The van der Waals surface area contributed by atoms with Crippen molar-refractivity contribution in [1.29, 1.82) is 0 Å². The number of halogens is 4. The second-order valence-corrected chi connectivity index (χ2v) is 6.61. The van der Waals surface area contributed by atoms with Gasteiger partial charge in [0.25, 0.3) is 5.91 Å². The minimum absolute atomic E-state index is 0.0848. The Bertz CT molecular complexity index is 881. The number of hydrogen-bond donors (Lipinski definition) is 2. The fourth-order valence-corrected chi connectivity index (χ4v) is 2.90. The average molecular weight is 447 g/mol. The first-order valence-electron chi connectivity index (χ1n) is 8.42. The molecule has 0 radical (unpaired) electrons. The molecule has 0 aliphatic heterocycles. The monoisotopic (exact) mass is 446 g/mol. The maximum absolute atomic E-state index is 12.5. The number of carbonyl (C=O) groups is 2. The van der Waals surface area contributed by atoms with Crippen LogP contribution >= 0.6 is 23.2 Å². The quantitative estimate of drug-likeness (QED) is 0.615. The van der Waals surface area contributed by atoms with E-state index in [1.54, 1.807) is 6.07 Å². The van der Waals surface area contributed by atoms with Gasteiger partial charge in [0.1, 0.15) is 0 Å². The number of hydrogen-bond acceptors (Lipinski definition) is 4. The van der Waals surface area contributed by atoms with Gasteiger partial charge in [-0.1, -0.05) is 29.3 Å². The van der Waals surface area contributed by atoms with Crippen LogP contribution in [0.15, 0.2) is 36.4 Å². The maximum Gasteiger partial charge on any atom is 0.387 e. The predicted molar refractivity (Wildman–Crippen MR) is 105 cm³/mol. The lowest BCUT2D eigenvalue weighted by Crippen LogP contribution is -2.37. The number of methoxy groups -OCH3 is 1. The molecule has 0 fully saturated rings. The number of amides is 2. The largest absolute Gasteiger partial charge is 0.493 e. The maximum atomic E-state index is 12.5. The SMILES string of the molecule is COc1ccc(CCNC(=O)CNC(=O)c2ccc(Cl)cc2Cl)cc1OC(F)F. The summed E-state index contributed by atoms with van der Waals surface area (Å²) in [5, 5.41) is 5.65. The Kier molecular flexibility index (Phi) is 8.48. The number of alkyl halides is 2.